The molecule has 0 amide bonds. The molecule has 3 nitrogen and oxygen atoms in total. The molecule has 0 radical (unpaired) electrons. The first kappa shape index (κ1) is 10.3. The molecule has 0 saturated heterocycles. The standard InChI is InChI=1S/C10H16O3/c11-9(6-7-10(12)13)8-4-2-1-3-5-8/h6-9,11H,1-5H2,(H,12,13)/b7-6+/t9-/m1/s1. The van der Waals surface area contributed by atoms with Crippen molar-refractivity contribution >= 4 is 5.97 Å². The molecule has 1 fully saturated rings. The van der Waals surface area contributed by atoms with E-state index in [2.05, 4.69) is 0 Å². The predicted molar refractivity (Wildman–Crippen MR) is 49.4 cm³/mol. The van der Waals surface area contributed by atoms with Gasteiger partial charge in [0.2, 0.25) is 0 Å². The predicted octanol–water partition coefficient (Wildman–Crippen LogP) is 1.57. The summed E-state index contributed by atoms with van der Waals surface area (Å²) < 4.78 is 0. The molecule has 0 aromatic heterocycles. The average Bonchev–Trinajstić information content (AvgIpc) is 2.15. The van der Waals surface area contributed by atoms with E-state index in [1.54, 1.807) is 0 Å². The molecule has 1 atom stereocenters. The van der Waals surface area contributed by atoms with Crippen molar-refractivity contribution < 1.29 is 15.0 Å². The zero-order valence-corrected chi connectivity index (χ0v) is 7.65. The van der Waals surface area contributed by atoms with Crippen molar-refractivity contribution in [2.75, 3.05) is 0 Å². The van der Waals surface area contributed by atoms with Gasteiger partial charge in [-0.1, -0.05) is 19.3 Å². The fourth-order valence-corrected chi connectivity index (χ4v) is 1.81. The smallest absolute Gasteiger partial charge is 0.328 e. The number of rotatable bonds is 3. The quantitative estimate of drug-likeness (QED) is 0.654. The second kappa shape index (κ2) is 5.02. The number of aliphatic hydroxyl groups excluding tert-OH is 1. The molecule has 0 spiro atoms. The van der Waals surface area contributed by atoms with E-state index in [-0.39, 0.29) is 5.92 Å². The van der Waals surface area contributed by atoms with Crippen molar-refractivity contribution in [2.24, 2.45) is 5.92 Å². The minimum atomic E-state index is -0.991. The van der Waals surface area contributed by atoms with Crippen molar-refractivity contribution in [3.63, 3.8) is 0 Å². The van der Waals surface area contributed by atoms with E-state index in [9.17, 15) is 9.90 Å². The number of aliphatic carboxylic acids is 1. The summed E-state index contributed by atoms with van der Waals surface area (Å²) in [6.07, 6.45) is 7.43. The van der Waals surface area contributed by atoms with Crippen LogP contribution in [0.4, 0.5) is 0 Å². The zero-order valence-electron chi connectivity index (χ0n) is 7.65. The SMILES string of the molecule is O=C(O)/C=C/[C@@H](O)C1CCCCC1. The number of hydrogen-bond acceptors (Lipinski definition) is 2. The first-order valence-electron chi connectivity index (χ1n) is 4.79. The molecule has 13 heavy (non-hydrogen) atoms. The van der Waals surface area contributed by atoms with Gasteiger partial charge in [-0.05, 0) is 24.8 Å². The summed E-state index contributed by atoms with van der Waals surface area (Å²) in [6, 6.07) is 0. The monoisotopic (exact) mass is 184 g/mol. The molecular weight excluding hydrogens is 168 g/mol. The van der Waals surface area contributed by atoms with Crippen LogP contribution in [0.5, 0.6) is 0 Å². The lowest BCUT2D eigenvalue weighted by Gasteiger charge is -2.24. The molecule has 0 aromatic rings. The van der Waals surface area contributed by atoms with Gasteiger partial charge in [-0.2, -0.15) is 0 Å². The Labute approximate surface area is 78.1 Å². The molecule has 3 heteroatoms. The zero-order chi connectivity index (χ0) is 9.68. The summed E-state index contributed by atoms with van der Waals surface area (Å²) in [4.78, 5) is 10.2. The van der Waals surface area contributed by atoms with Gasteiger partial charge in [0.1, 0.15) is 0 Å². The van der Waals surface area contributed by atoms with E-state index in [1.807, 2.05) is 0 Å². The summed E-state index contributed by atoms with van der Waals surface area (Å²) >= 11 is 0. The van der Waals surface area contributed by atoms with E-state index >= 15 is 0 Å². The molecule has 1 rings (SSSR count). The molecule has 2 N–H and O–H groups in total. The summed E-state index contributed by atoms with van der Waals surface area (Å²) in [5, 5.41) is 17.9. The first-order valence-corrected chi connectivity index (χ1v) is 4.79. The Hall–Kier alpha value is -0.830. The molecule has 1 saturated carbocycles. The van der Waals surface area contributed by atoms with Crippen LogP contribution < -0.4 is 0 Å². The van der Waals surface area contributed by atoms with E-state index in [1.165, 1.54) is 12.5 Å². The number of carboxylic acid groups (broad SMARTS) is 1. The highest BCUT2D eigenvalue weighted by Crippen LogP contribution is 2.26. The van der Waals surface area contributed by atoms with Crippen molar-refractivity contribution in [3.8, 4) is 0 Å². The molecule has 0 bridgehead atoms. The Kier molecular flexibility index (Phi) is 3.96. The number of carbonyl (C=O) groups is 1. The van der Waals surface area contributed by atoms with Crippen LogP contribution in [0.3, 0.4) is 0 Å². The van der Waals surface area contributed by atoms with Crippen molar-refractivity contribution in [1.82, 2.24) is 0 Å². The van der Waals surface area contributed by atoms with E-state index in [0.29, 0.717) is 0 Å². The highest BCUT2D eigenvalue weighted by Gasteiger charge is 2.19. The van der Waals surface area contributed by atoms with Crippen molar-refractivity contribution in [2.45, 2.75) is 38.2 Å². The molecule has 0 aliphatic heterocycles. The van der Waals surface area contributed by atoms with Crippen LogP contribution in [0.15, 0.2) is 12.2 Å². The first-order chi connectivity index (χ1) is 6.20. The second-order valence-corrected chi connectivity index (χ2v) is 3.59. The van der Waals surface area contributed by atoms with Gasteiger partial charge in [-0.3, -0.25) is 0 Å². The van der Waals surface area contributed by atoms with E-state index in [4.69, 9.17) is 5.11 Å². The van der Waals surface area contributed by atoms with Gasteiger partial charge in [-0.15, -0.1) is 0 Å². The molecule has 1 aliphatic rings. The Morgan fingerprint density at radius 1 is 1.31 bits per heavy atom. The lowest BCUT2D eigenvalue weighted by atomic mass is 9.85. The molecular formula is C10H16O3. The maximum atomic E-state index is 10.2. The Morgan fingerprint density at radius 2 is 1.92 bits per heavy atom. The maximum Gasteiger partial charge on any atom is 0.328 e. The van der Waals surface area contributed by atoms with Crippen LogP contribution >= 0.6 is 0 Å². The third-order valence-corrected chi connectivity index (χ3v) is 2.57. The molecule has 0 aromatic carbocycles. The lowest BCUT2D eigenvalue weighted by Crippen LogP contribution is -2.20. The minimum absolute atomic E-state index is 0.268. The minimum Gasteiger partial charge on any atom is -0.478 e. The number of carboxylic acids is 1. The van der Waals surface area contributed by atoms with Crippen LogP contribution in [0, 0.1) is 5.92 Å². The van der Waals surface area contributed by atoms with Gasteiger partial charge >= 0.3 is 5.97 Å². The van der Waals surface area contributed by atoms with Crippen molar-refractivity contribution in [3.05, 3.63) is 12.2 Å². The topological polar surface area (TPSA) is 57.5 Å². The third-order valence-electron chi connectivity index (χ3n) is 2.57. The van der Waals surface area contributed by atoms with Gasteiger partial charge in [0, 0.05) is 6.08 Å². The van der Waals surface area contributed by atoms with Gasteiger partial charge in [-0.25, -0.2) is 4.79 Å². The summed E-state index contributed by atoms with van der Waals surface area (Å²) in [5.41, 5.74) is 0. The highest BCUT2D eigenvalue weighted by atomic mass is 16.4. The van der Waals surface area contributed by atoms with Crippen LogP contribution in [0.25, 0.3) is 0 Å². The summed E-state index contributed by atoms with van der Waals surface area (Å²) in [7, 11) is 0. The van der Waals surface area contributed by atoms with E-state index in [0.717, 1.165) is 31.8 Å². The fourth-order valence-electron chi connectivity index (χ4n) is 1.81. The summed E-state index contributed by atoms with van der Waals surface area (Å²) in [5.74, 6) is -0.723. The number of aliphatic hydroxyl groups is 1. The maximum absolute atomic E-state index is 10.2. The van der Waals surface area contributed by atoms with Crippen LogP contribution in [-0.4, -0.2) is 22.3 Å². The van der Waals surface area contributed by atoms with Gasteiger partial charge in [0.05, 0.1) is 6.10 Å². The fraction of sp³-hybridized carbons (Fsp3) is 0.700. The molecule has 0 heterocycles. The van der Waals surface area contributed by atoms with Crippen LogP contribution in [0.2, 0.25) is 0 Å². The third kappa shape index (κ3) is 3.59. The Balaban J connectivity index is 2.36. The molecule has 1 aliphatic carbocycles. The Morgan fingerprint density at radius 3 is 2.46 bits per heavy atom. The lowest BCUT2D eigenvalue weighted by molar-refractivity contribution is -0.131. The Bertz CT molecular complexity index is 192. The van der Waals surface area contributed by atoms with E-state index < -0.39 is 12.1 Å². The average molecular weight is 184 g/mol. The van der Waals surface area contributed by atoms with Gasteiger partial charge < -0.3 is 10.2 Å². The highest BCUT2D eigenvalue weighted by molar-refractivity contribution is 5.79. The van der Waals surface area contributed by atoms with Crippen LogP contribution in [-0.2, 0) is 4.79 Å². The summed E-state index contributed by atoms with van der Waals surface area (Å²) in [6.45, 7) is 0. The van der Waals surface area contributed by atoms with Gasteiger partial charge in [0.15, 0.2) is 0 Å². The number of hydrogen-bond donors (Lipinski definition) is 2. The second-order valence-electron chi connectivity index (χ2n) is 3.59. The van der Waals surface area contributed by atoms with Crippen LogP contribution in [0.1, 0.15) is 32.1 Å². The van der Waals surface area contributed by atoms with Gasteiger partial charge in [0.25, 0.3) is 0 Å². The molecule has 74 valence electrons. The normalized spacial score (nSPS) is 21.9. The largest absolute Gasteiger partial charge is 0.478 e. The molecule has 0 unspecified atom stereocenters. The van der Waals surface area contributed by atoms with Crippen molar-refractivity contribution in [1.29, 1.82) is 0 Å².